The second-order valence-corrected chi connectivity index (χ2v) is 12.3. The van der Waals surface area contributed by atoms with Gasteiger partial charge < -0.3 is 20.3 Å². The van der Waals surface area contributed by atoms with E-state index in [9.17, 15) is 9.59 Å². The lowest BCUT2D eigenvalue weighted by molar-refractivity contribution is -0.133. The van der Waals surface area contributed by atoms with Crippen molar-refractivity contribution in [3.05, 3.63) is 113 Å². The molecule has 0 fully saturated rings. The fourth-order valence-electron chi connectivity index (χ4n) is 5.84. The number of pyridine rings is 1. The Bertz CT molecular complexity index is 2060. The van der Waals surface area contributed by atoms with Crippen LogP contribution in [-0.2, 0) is 33.7 Å². The zero-order valence-corrected chi connectivity index (χ0v) is 26.7. The second kappa shape index (κ2) is 13.5. The molecule has 1 aliphatic heterocycles. The normalized spacial score (nSPS) is 12.6. The van der Waals surface area contributed by atoms with Crippen molar-refractivity contribution in [2.75, 3.05) is 30.9 Å². The fourth-order valence-corrected chi connectivity index (χ4v) is 6.54. The van der Waals surface area contributed by atoms with Gasteiger partial charge in [-0.1, -0.05) is 30.3 Å². The lowest BCUT2D eigenvalue weighted by Gasteiger charge is -2.29. The molecule has 0 saturated heterocycles. The van der Waals surface area contributed by atoms with Crippen LogP contribution in [0.15, 0.2) is 96.6 Å². The maximum Gasteiger partial charge on any atom is 0.229 e. The van der Waals surface area contributed by atoms with Gasteiger partial charge in [0, 0.05) is 54.4 Å². The Morgan fingerprint density at radius 1 is 0.957 bits per heavy atom. The van der Waals surface area contributed by atoms with E-state index in [4.69, 9.17) is 14.7 Å². The van der Waals surface area contributed by atoms with Crippen LogP contribution < -0.4 is 10.6 Å². The van der Waals surface area contributed by atoms with Gasteiger partial charge in [-0.25, -0.2) is 15.0 Å². The summed E-state index contributed by atoms with van der Waals surface area (Å²) in [6, 6.07) is 25.6. The van der Waals surface area contributed by atoms with Gasteiger partial charge in [0.25, 0.3) is 0 Å². The number of carbonyl (C=O) groups excluding carboxylic acids is 2. The van der Waals surface area contributed by atoms with Gasteiger partial charge in [-0.05, 0) is 71.5 Å². The molecule has 47 heavy (non-hydrogen) atoms. The first-order chi connectivity index (χ1) is 23.0. The zero-order valence-electron chi connectivity index (χ0n) is 25.8. The minimum Gasteiger partial charge on any atom is -0.384 e. The monoisotopic (exact) mass is 643 g/mol. The molecule has 0 atom stereocenters. The third kappa shape index (κ3) is 6.76. The number of rotatable bonds is 10. The number of thiophene rings is 1. The summed E-state index contributed by atoms with van der Waals surface area (Å²) in [5.74, 6) is 0.471. The smallest absolute Gasteiger partial charge is 0.229 e. The highest BCUT2D eigenvalue weighted by atomic mass is 32.1. The number of nitrogens with zero attached hydrogens (tertiary/aromatic N) is 5. The average molecular weight is 644 g/mol. The first-order valence-electron chi connectivity index (χ1n) is 15.4. The minimum absolute atomic E-state index is 0.0704. The van der Waals surface area contributed by atoms with Crippen LogP contribution in [0.4, 0.5) is 17.3 Å². The SMILES string of the molecule is COCCC(=O)N1CCc2ccc(Nc3nccc(-c4c(-c5cccc(NC(=O)Cc6cccs6)c5)nc5ccccn45)n3)cc2C1. The zero-order chi connectivity index (χ0) is 32.2. The molecule has 0 aliphatic carbocycles. The Kier molecular flexibility index (Phi) is 8.72. The summed E-state index contributed by atoms with van der Waals surface area (Å²) in [6.07, 6.45) is 5.22. The number of imidazole rings is 1. The predicted molar refractivity (Wildman–Crippen MR) is 184 cm³/mol. The van der Waals surface area contributed by atoms with Crippen molar-refractivity contribution in [1.29, 1.82) is 0 Å². The van der Waals surface area contributed by atoms with Gasteiger partial charge in [0.1, 0.15) is 5.65 Å². The van der Waals surface area contributed by atoms with Crippen LogP contribution >= 0.6 is 11.3 Å². The van der Waals surface area contributed by atoms with Crippen LogP contribution in [0.5, 0.6) is 0 Å². The highest BCUT2D eigenvalue weighted by Crippen LogP contribution is 2.34. The van der Waals surface area contributed by atoms with Gasteiger partial charge in [0.2, 0.25) is 17.8 Å². The van der Waals surface area contributed by atoms with Crippen molar-refractivity contribution in [2.24, 2.45) is 0 Å². The quantitative estimate of drug-likeness (QED) is 0.178. The van der Waals surface area contributed by atoms with Gasteiger partial charge in [0.15, 0.2) is 0 Å². The van der Waals surface area contributed by atoms with Crippen LogP contribution in [0.25, 0.3) is 28.3 Å². The van der Waals surface area contributed by atoms with Crippen LogP contribution in [0.2, 0.25) is 0 Å². The number of carbonyl (C=O) groups is 2. The number of hydrogen-bond donors (Lipinski definition) is 2. The molecule has 0 bridgehead atoms. The number of aromatic nitrogens is 4. The summed E-state index contributed by atoms with van der Waals surface area (Å²) in [5.41, 5.74) is 7.75. The Balaban J connectivity index is 1.16. The number of ether oxygens (including phenoxy) is 1. The number of hydrogen-bond acceptors (Lipinski definition) is 8. The summed E-state index contributed by atoms with van der Waals surface area (Å²) in [4.78, 5) is 42.7. The van der Waals surface area contributed by atoms with Crippen LogP contribution in [0, 0.1) is 0 Å². The van der Waals surface area contributed by atoms with Crippen molar-refractivity contribution in [3.8, 4) is 22.6 Å². The number of methoxy groups -OCH3 is 1. The predicted octanol–water partition coefficient (Wildman–Crippen LogP) is 6.37. The van der Waals surface area contributed by atoms with Gasteiger partial charge in [-0.2, -0.15) is 0 Å². The number of fused-ring (bicyclic) bond motifs is 2. The minimum atomic E-state index is -0.0704. The Labute approximate surface area is 276 Å². The van der Waals surface area contributed by atoms with E-state index in [-0.39, 0.29) is 11.8 Å². The summed E-state index contributed by atoms with van der Waals surface area (Å²) < 4.78 is 7.11. The number of nitrogens with one attached hydrogen (secondary N) is 2. The van der Waals surface area contributed by atoms with E-state index >= 15 is 0 Å². The van der Waals surface area contributed by atoms with Gasteiger partial charge >= 0.3 is 0 Å². The van der Waals surface area contributed by atoms with Crippen molar-refractivity contribution >= 4 is 46.1 Å². The fraction of sp³-hybridized carbons (Fsp3) is 0.194. The van der Waals surface area contributed by atoms with Crippen LogP contribution in [0.1, 0.15) is 22.4 Å². The Hall–Kier alpha value is -5.39. The molecule has 4 aromatic heterocycles. The van der Waals surface area contributed by atoms with E-state index in [2.05, 4.69) is 27.8 Å². The van der Waals surface area contributed by atoms with Gasteiger partial charge in [-0.3, -0.25) is 14.0 Å². The van der Waals surface area contributed by atoms with Crippen molar-refractivity contribution in [1.82, 2.24) is 24.3 Å². The highest BCUT2D eigenvalue weighted by molar-refractivity contribution is 7.10. The maximum absolute atomic E-state index is 12.7. The molecule has 1 aliphatic rings. The molecular weight excluding hydrogens is 611 g/mol. The lowest BCUT2D eigenvalue weighted by Crippen LogP contribution is -2.36. The first kappa shape index (κ1) is 30.3. The molecule has 11 heteroatoms. The highest BCUT2D eigenvalue weighted by Gasteiger charge is 2.22. The van der Waals surface area contributed by atoms with E-state index in [1.54, 1.807) is 24.6 Å². The van der Waals surface area contributed by atoms with E-state index in [1.165, 1.54) is 5.56 Å². The standard InChI is InChI=1S/C36H33N7O3S/c1-46-18-14-33(45)42-17-13-24-10-11-28(21-26(24)23-42)39-36-37-15-12-30(40-36)35-34(41-31-9-2-3-16-43(31)35)25-6-4-7-27(20-25)38-32(44)22-29-8-5-19-47-29/h2-12,15-16,19-21H,13-14,17-18,22-23H2,1H3,(H,38,44)(H,37,39,40). The molecular formula is C36H33N7O3S. The maximum atomic E-state index is 12.7. The lowest BCUT2D eigenvalue weighted by atomic mass is 9.99. The summed E-state index contributed by atoms with van der Waals surface area (Å²) in [6.45, 7) is 1.69. The molecule has 7 rings (SSSR count). The summed E-state index contributed by atoms with van der Waals surface area (Å²) in [5, 5.41) is 8.37. The number of anilines is 3. The Morgan fingerprint density at radius 3 is 2.77 bits per heavy atom. The van der Waals surface area contributed by atoms with Crippen molar-refractivity contribution in [3.63, 3.8) is 0 Å². The molecule has 2 amide bonds. The molecule has 5 heterocycles. The van der Waals surface area contributed by atoms with E-state index in [0.29, 0.717) is 49.9 Å². The molecule has 2 aromatic carbocycles. The molecule has 0 saturated carbocycles. The van der Waals surface area contributed by atoms with Crippen molar-refractivity contribution in [2.45, 2.75) is 25.8 Å². The van der Waals surface area contributed by atoms with E-state index in [1.807, 2.05) is 87.6 Å². The number of benzene rings is 2. The van der Waals surface area contributed by atoms with Gasteiger partial charge in [-0.15, -0.1) is 11.3 Å². The molecule has 236 valence electrons. The van der Waals surface area contributed by atoms with Gasteiger partial charge in [0.05, 0.1) is 36.5 Å². The molecule has 6 aromatic rings. The van der Waals surface area contributed by atoms with E-state index in [0.717, 1.165) is 45.1 Å². The topological polar surface area (TPSA) is 114 Å². The molecule has 0 unspecified atom stereocenters. The van der Waals surface area contributed by atoms with Crippen molar-refractivity contribution < 1.29 is 14.3 Å². The first-order valence-corrected chi connectivity index (χ1v) is 16.3. The number of amides is 2. The third-order valence-corrected chi connectivity index (χ3v) is 8.99. The largest absolute Gasteiger partial charge is 0.384 e. The third-order valence-electron chi connectivity index (χ3n) is 8.11. The molecule has 0 radical (unpaired) electrons. The van der Waals surface area contributed by atoms with Crippen LogP contribution in [-0.4, -0.2) is 56.3 Å². The molecule has 2 N–H and O–H groups in total. The van der Waals surface area contributed by atoms with Crippen LogP contribution in [0.3, 0.4) is 0 Å². The summed E-state index contributed by atoms with van der Waals surface area (Å²) >= 11 is 1.57. The molecule has 0 spiro atoms. The second-order valence-electron chi connectivity index (χ2n) is 11.3. The average Bonchev–Trinajstić information content (AvgIpc) is 3.75. The van der Waals surface area contributed by atoms with E-state index < -0.39 is 0 Å². The summed E-state index contributed by atoms with van der Waals surface area (Å²) in [7, 11) is 1.61. The molecule has 10 nitrogen and oxygen atoms in total. The Morgan fingerprint density at radius 2 is 1.89 bits per heavy atom.